The lowest BCUT2D eigenvalue weighted by Gasteiger charge is -2.26. The van der Waals surface area contributed by atoms with Crippen molar-refractivity contribution in [1.82, 2.24) is 10.3 Å². The number of amides is 1. The van der Waals surface area contributed by atoms with Crippen molar-refractivity contribution in [2.75, 3.05) is 32.2 Å². The fraction of sp³-hybridized carbons (Fsp3) is 0.320. The van der Waals surface area contributed by atoms with Crippen molar-refractivity contribution < 1.29 is 23.8 Å². The number of hydrogen-bond donors (Lipinski definition) is 1. The molecule has 35 heavy (non-hydrogen) atoms. The van der Waals surface area contributed by atoms with Gasteiger partial charge in [-0.1, -0.05) is 11.6 Å². The number of likely N-dealkylation sites (N-methyl/N-ethyl adjacent to an activating group) is 1. The molecule has 3 aromatic rings. The Morgan fingerprint density at radius 2 is 2.03 bits per heavy atom. The van der Waals surface area contributed by atoms with Gasteiger partial charge in [-0.2, -0.15) is 0 Å². The van der Waals surface area contributed by atoms with Crippen LogP contribution in [0.5, 0.6) is 11.5 Å². The van der Waals surface area contributed by atoms with E-state index in [4.69, 9.17) is 25.8 Å². The molecule has 0 saturated carbocycles. The first-order valence-electron chi connectivity index (χ1n) is 10.9. The van der Waals surface area contributed by atoms with Gasteiger partial charge in [0.05, 0.1) is 40.7 Å². The second-order valence-corrected chi connectivity index (χ2v) is 10.1. The van der Waals surface area contributed by atoms with Gasteiger partial charge in [0.25, 0.3) is 5.91 Å². The summed E-state index contributed by atoms with van der Waals surface area (Å²) in [4.78, 5) is 32.6. The molecule has 1 aliphatic rings. The Labute approximate surface area is 212 Å². The Kier molecular flexibility index (Phi) is 7.30. The lowest BCUT2D eigenvalue weighted by atomic mass is 10.1. The number of rotatable bonds is 9. The molecule has 4 rings (SSSR count). The molecule has 10 heteroatoms. The van der Waals surface area contributed by atoms with Crippen LogP contribution >= 0.6 is 22.9 Å². The number of carbonyl (C=O) groups is 2. The van der Waals surface area contributed by atoms with Crippen LogP contribution in [-0.2, 0) is 16.1 Å². The van der Waals surface area contributed by atoms with Crippen molar-refractivity contribution in [1.29, 1.82) is 0 Å². The summed E-state index contributed by atoms with van der Waals surface area (Å²) in [6.45, 7) is 4.26. The average Bonchev–Trinajstić information content (AvgIpc) is 3.37. The minimum Gasteiger partial charge on any atom is -0.493 e. The lowest BCUT2D eigenvalue weighted by Crippen LogP contribution is -2.37. The number of esters is 1. The van der Waals surface area contributed by atoms with Gasteiger partial charge in [-0.15, -0.1) is 11.3 Å². The van der Waals surface area contributed by atoms with E-state index >= 15 is 0 Å². The minimum atomic E-state index is -0.826. The van der Waals surface area contributed by atoms with Crippen LogP contribution in [0.15, 0.2) is 42.6 Å². The topological polar surface area (TPSA) is 90.0 Å². The van der Waals surface area contributed by atoms with E-state index in [1.807, 2.05) is 18.2 Å². The summed E-state index contributed by atoms with van der Waals surface area (Å²) in [6, 6.07) is 11.0. The fourth-order valence-electron chi connectivity index (χ4n) is 3.66. The maximum absolute atomic E-state index is 13.2. The monoisotopic (exact) mass is 515 g/mol. The van der Waals surface area contributed by atoms with Gasteiger partial charge in [0.15, 0.2) is 11.5 Å². The predicted octanol–water partition coefficient (Wildman–Crippen LogP) is 4.55. The molecule has 0 radical (unpaired) electrons. The van der Waals surface area contributed by atoms with Crippen LogP contribution in [0.1, 0.15) is 29.1 Å². The maximum atomic E-state index is 13.2. The van der Waals surface area contributed by atoms with Crippen molar-refractivity contribution in [3.63, 3.8) is 0 Å². The average molecular weight is 516 g/mol. The molecule has 0 spiro atoms. The molecule has 0 unspecified atom stereocenters. The quantitative estimate of drug-likeness (QED) is 0.418. The Hall–Kier alpha value is -3.14. The molecule has 1 aromatic carbocycles. The largest absolute Gasteiger partial charge is 0.493 e. The summed E-state index contributed by atoms with van der Waals surface area (Å²) >= 11 is 7.35. The minimum absolute atomic E-state index is 0.0708. The van der Waals surface area contributed by atoms with Crippen molar-refractivity contribution in [2.24, 2.45) is 0 Å². The van der Waals surface area contributed by atoms with Crippen LogP contribution in [0.25, 0.3) is 10.6 Å². The molecule has 184 valence electrons. The zero-order valence-electron chi connectivity index (χ0n) is 19.9. The van der Waals surface area contributed by atoms with Crippen molar-refractivity contribution >= 4 is 40.5 Å². The molecule has 1 aliphatic heterocycles. The highest BCUT2D eigenvalue weighted by molar-refractivity contribution is 7.17. The number of fused-ring (bicyclic) bond motifs is 1. The summed E-state index contributed by atoms with van der Waals surface area (Å²) in [6.07, 6.45) is 1.60. The van der Waals surface area contributed by atoms with Gasteiger partial charge >= 0.3 is 5.97 Å². The summed E-state index contributed by atoms with van der Waals surface area (Å²) in [7, 11) is 3.22. The maximum Gasteiger partial charge on any atom is 0.320 e. The van der Waals surface area contributed by atoms with Gasteiger partial charge in [0.1, 0.15) is 12.2 Å². The molecule has 1 amide bonds. The molecule has 0 atom stereocenters. The molecule has 1 N–H and O–H groups in total. The van der Waals surface area contributed by atoms with Crippen LogP contribution in [0.4, 0.5) is 5.69 Å². The van der Waals surface area contributed by atoms with Gasteiger partial charge in [-0.25, -0.2) is 0 Å². The number of benzene rings is 1. The van der Waals surface area contributed by atoms with Crippen LogP contribution in [0, 0.1) is 0 Å². The summed E-state index contributed by atoms with van der Waals surface area (Å²) in [5, 5.41) is 3.33. The van der Waals surface area contributed by atoms with E-state index in [0.29, 0.717) is 33.6 Å². The van der Waals surface area contributed by atoms with Gasteiger partial charge in [0.2, 0.25) is 0 Å². The van der Waals surface area contributed by atoms with E-state index in [9.17, 15) is 9.59 Å². The third-order valence-corrected chi connectivity index (χ3v) is 6.71. The van der Waals surface area contributed by atoms with Crippen molar-refractivity contribution in [2.45, 2.75) is 26.0 Å². The highest BCUT2D eigenvalue weighted by Crippen LogP contribution is 2.40. The van der Waals surface area contributed by atoms with E-state index in [-0.39, 0.29) is 25.0 Å². The van der Waals surface area contributed by atoms with Crippen LogP contribution in [-0.4, -0.2) is 49.8 Å². The highest BCUT2D eigenvalue weighted by atomic mass is 35.5. The smallest absolute Gasteiger partial charge is 0.320 e. The first kappa shape index (κ1) is 25.0. The Bertz CT molecular complexity index is 1240. The number of pyridine rings is 1. The standard InChI is InChI=1S/C25H26ClN3O5S/c1-25(2,34-22(30)12-27-3)14-33-19-8-6-17(10-20(19)32-4)29-13-15-9-21(35-23(15)24(29)31)18-7-5-16(26)11-28-18/h5-11,27H,12-14H2,1-4H3. The van der Waals surface area contributed by atoms with E-state index in [1.54, 1.807) is 50.2 Å². The second kappa shape index (κ2) is 10.2. The van der Waals surface area contributed by atoms with E-state index in [1.165, 1.54) is 18.4 Å². The number of anilines is 1. The number of nitrogens with zero attached hydrogens (tertiary/aromatic N) is 2. The first-order valence-corrected chi connectivity index (χ1v) is 12.1. The number of thiophene rings is 1. The molecule has 0 fully saturated rings. The molecule has 0 bridgehead atoms. The normalized spacial score (nSPS) is 13.1. The molecular weight excluding hydrogens is 490 g/mol. The molecule has 8 nitrogen and oxygen atoms in total. The van der Waals surface area contributed by atoms with Crippen LogP contribution in [0.2, 0.25) is 5.02 Å². The number of aromatic nitrogens is 1. The van der Waals surface area contributed by atoms with Crippen molar-refractivity contribution in [3.8, 4) is 22.1 Å². The van der Waals surface area contributed by atoms with E-state index < -0.39 is 5.60 Å². The molecule has 2 aromatic heterocycles. The summed E-state index contributed by atoms with van der Waals surface area (Å²) in [5.74, 6) is 0.539. The molecular formula is C25H26ClN3O5S. The van der Waals surface area contributed by atoms with Crippen molar-refractivity contribution in [3.05, 3.63) is 58.1 Å². The number of nitrogens with one attached hydrogen (secondary N) is 1. The number of carbonyl (C=O) groups excluding carboxylic acids is 2. The van der Waals surface area contributed by atoms with E-state index in [0.717, 1.165) is 16.1 Å². The van der Waals surface area contributed by atoms with Gasteiger partial charge in [-0.3, -0.25) is 14.6 Å². The van der Waals surface area contributed by atoms with Gasteiger partial charge < -0.3 is 24.4 Å². The Balaban J connectivity index is 1.46. The first-order chi connectivity index (χ1) is 16.7. The number of hydrogen-bond acceptors (Lipinski definition) is 8. The Morgan fingerprint density at radius 1 is 1.23 bits per heavy atom. The molecule has 0 saturated heterocycles. The summed E-state index contributed by atoms with van der Waals surface area (Å²) < 4.78 is 16.8. The fourth-order valence-corrected chi connectivity index (χ4v) is 4.87. The van der Waals surface area contributed by atoms with Crippen LogP contribution < -0.4 is 19.7 Å². The van der Waals surface area contributed by atoms with Crippen LogP contribution in [0.3, 0.4) is 0 Å². The van der Waals surface area contributed by atoms with Gasteiger partial charge in [-0.05, 0) is 56.8 Å². The number of ether oxygens (including phenoxy) is 3. The number of methoxy groups -OCH3 is 1. The molecule has 0 aliphatic carbocycles. The number of halogens is 1. The zero-order chi connectivity index (χ0) is 25.2. The highest BCUT2D eigenvalue weighted by Gasteiger charge is 2.32. The molecule has 3 heterocycles. The third-order valence-electron chi connectivity index (χ3n) is 5.30. The predicted molar refractivity (Wildman–Crippen MR) is 136 cm³/mol. The van der Waals surface area contributed by atoms with E-state index in [2.05, 4.69) is 10.3 Å². The zero-order valence-corrected chi connectivity index (χ0v) is 21.5. The summed E-state index contributed by atoms with van der Waals surface area (Å²) in [5.41, 5.74) is 1.62. The third kappa shape index (κ3) is 5.58. The lowest BCUT2D eigenvalue weighted by molar-refractivity contribution is -0.157. The van der Waals surface area contributed by atoms with Gasteiger partial charge in [0, 0.05) is 18.0 Å². The second-order valence-electron chi connectivity index (χ2n) is 8.61. The Morgan fingerprint density at radius 3 is 2.69 bits per heavy atom. The SMILES string of the molecule is CNCC(=O)OC(C)(C)COc1ccc(N2Cc3cc(-c4ccc(Cl)cn4)sc3C2=O)cc1OC.